The van der Waals surface area contributed by atoms with Crippen molar-refractivity contribution in [1.82, 2.24) is 0 Å². The summed E-state index contributed by atoms with van der Waals surface area (Å²) < 4.78 is 10.7. The van der Waals surface area contributed by atoms with E-state index in [1.165, 1.54) is 0 Å². The van der Waals surface area contributed by atoms with Crippen molar-refractivity contribution in [3.8, 4) is 5.75 Å². The number of carbonyl (C=O) groups is 1. The molecule has 2 atom stereocenters. The lowest BCUT2D eigenvalue weighted by Gasteiger charge is -2.13. The van der Waals surface area contributed by atoms with Crippen molar-refractivity contribution < 1.29 is 19.4 Å². The molecule has 1 heterocycles. The van der Waals surface area contributed by atoms with Gasteiger partial charge in [0.15, 0.2) is 0 Å². The van der Waals surface area contributed by atoms with Crippen LogP contribution in [0.2, 0.25) is 0 Å². The summed E-state index contributed by atoms with van der Waals surface area (Å²) in [6.07, 6.45) is 0. The molecule has 2 unspecified atom stereocenters. The molecule has 0 bridgehead atoms. The molecule has 6 heteroatoms. The molecule has 1 aliphatic heterocycles. The summed E-state index contributed by atoms with van der Waals surface area (Å²) in [5, 5.41) is 9.25. The second-order valence-corrected chi connectivity index (χ2v) is 6.00. The number of carboxylic acids is 1. The molecule has 0 aromatic heterocycles. The van der Waals surface area contributed by atoms with Gasteiger partial charge in [0.25, 0.3) is 0 Å². The Morgan fingerprint density at radius 3 is 2.76 bits per heavy atom. The summed E-state index contributed by atoms with van der Waals surface area (Å²) in [5.74, 6) is -0.781. The molecule has 0 radical (unpaired) electrons. The van der Waals surface area contributed by atoms with E-state index in [1.807, 2.05) is 30.3 Å². The van der Waals surface area contributed by atoms with E-state index in [0.29, 0.717) is 5.70 Å². The van der Waals surface area contributed by atoms with E-state index >= 15 is 0 Å². The van der Waals surface area contributed by atoms with E-state index in [9.17, 15) is 9.90 Å². The lowest BCUT2D eigenvalue weighted by molar-refractivity contribution is -0.139. The largest absolute Gasteiger partial charge is 0.487 e. The van der Waals surface area contributed by atoms with Crippen LogP contribution in [-0.2, 0) is 9.53 Å². The minimum absolute atomic E-state index is 0.245. The van der Waals surface area contributed by atoms with Gasteiger partial charge in [0.05, 0.1) is 22.7 Å². The number of aliphatic imine (C=N–C) groups is 1. The van der Waals surface area contributed by atoms with Crippen LogP contribution in [0.4, 0.5) is 0 Å². The molecule has 0 amide bonds. The molecule has 1 aliphatic rings. The summed E-state index contributed by atoms with van der Waals surface area (Å²) in [5.41, 5.74) is 3.97. The summed E-state index contributed by atoms with van der Waals surface area (Å²) in [6.45, 7) is 1.90. The Morgan fingerprint density at radius 2 is 2.14 bits per heavy atom. The van der Waals surface area contributed by atoms with E-state index in [2.05, 4.69) is 4.99 Å². The van der Waals surface area contributed by atoms with E-state index in [-0.39, 0.29) is 6.61 Å². The highest BCUT2D eigenvalue weighted by Gasteiger charge is 2.26. The lowest BCUT2D eigenvalue weighted by Crippen LogP contribution is -2.14. The van der Waals surface area contributed by atoms with Crippen molar-refractivity contribution in [3.05, 3.63) is 40.9 Å². The van der Waals surface area contributed by atoms with E-state index in [4.69, 9.17) is 9.47 Å². The molecule has 0 fully saturated rings. The maximum absolute atomic E-state index is 11.3. The third-order valence-electron chi connectivity index (χ3n) is 2.94. The number of nitrogens with zero attached hydrogens (tertiary/aromatic N) is 1. The zero-order valence-electron chi connectivity index (χ0n) is 11.9. The average molecular weight is 307 g/mol. The van der Waals surface area contributed by atoms with Gasteiger partial charge < -0.3 is 14.6 Å². The van der Waals surface area contributed by atoms with Crippen LogP contribution in [0.1, 0.15) is 6.92 Å². The normalized spacial score (nSPS) is 19.0. The second-order valence-electron chi connectivity index (χ2n) is 4.41. The van der Waals surface area contributed by atoms with Gasteiger partial charge in [0, 0.05) is 12.0 Å². The van der Waals surface area contributed by atoms with Gasteiger partial charge in [0.2, 0.25) is 0 Å². The van der Waals surface area contributed by atoms with E-state index in [1.54, 1.807) is 25.1 Å². The molecule has 1 N–H and O–H groups in total. The van der Waals surface area contributed by atoms with Crippen LogP contribution in [0.15, 0.2) is 45.9 Å². The van der Waals surface area contributed by atoms with Crippen molar-refractivity contribution in [1.29, 1.82) is 0 Å². The highest BCUT2D eigenvalue weighted by molar-refractivity contribution is 8.29. The Hall–Kier alpha value is -1.92. The van der Waals surface area contributed by atoms with Crippen molar-refractivity contribution in [2.75, 3.05) is 13.7 Å². The molecule has 0 saturated heterocycles. The quantitative estimate of drug-likeness (QED) is 0.821. The number of hydrogen-bond acceptors (Lipinski definition) is 4. The maximum Gasteiger partial charge on any atom is 0.311 e. The second kappa shape index (κ2) is 7.19. The van der Waals surface area contributed by atoms with Gasteiger partial charge >= 0.3 is 5.97 Å². The Balaban J connectivity index is 2.22. The smallest absolute Gasteiger partial charge is 0.311 e. The Labute approximate surface area is 125 Å². The van der Waals surface area contributed by atoms with Crippen LogP contribution in [0.3, 0.4) is 0 Å². The van der Waals surface area contributed by atoms with Gasteiger partial charge in [-0.25, -0.2) is 0 Å². The van der Waals surface area contributed by atoms with E-state index in [0.717, 1.165) is 10.7 Å². The standard InChI is InChI=1S/C15H17NO4S/c1-11(15(17)18)14-13(16-9-21(14)10-19-2)8-20-12-6-4-3-5-7-12/h3-7,9-11H,8H2,1-2H3,(H,17,18). The minimum atomic E-state index is -0.880. The summed E-state index contributed by atoms with van der Waals surface area (Å²) in [7, 11) is 1.02. The highest BCUT2D eigenvalue weighted by atomic mass is 32.2. The molecule has 1 aromatic rings. The average Bonchev–Trinajstić information content (AvgIpc) is 2.88. The third-order valence-corrected chi connectivity index (χ3v) is 4.77. The minimum Gasteiger partial charge on any atom is -0.487 e. The number of para-hydroxylation sites is 1. The number of carboxylic acid groups (broad SMARTS) is 1. The first-order chi connectivity index (χ1) is 10.1. The van der Waals surface area contributed by atoms with Gasteiger partial charge in [-0.2, -0.15) is 0 Å². The molecular formula is C15H17NO4S. The predicted molar refractivity (Wildman–Crippen MR) is 84.9 cm³/mol. The number of methoxy groups -OCH3 is 1. The monoisotopic (exact) mass is 307 g/mol. The molecule has 0 aliphatic carbocycles. The SMILES string of the molecule is COC=S1C=NC(COc2ccccc2)=C1C(C)C(=O)O. The maximum atomic E-state index is 11.3. The van der Waals surface area contributed by atoms with Crippen LogP contribution >= 0.6 is 10.5 Å². The Kier molecular flexibility index (Phi) is 5.30. The fraction of sp³-hybridized carbons (Fsp3) is 0.267. The van der Waals surface area contributed by atoms with Gasteiger partial charge in [-0.1, -0.05) is 28.7 Å². The van der Waals surface area contributed by atoms with Crippen LogP contribution < -0.4 is 4.74 Å². The number of benzene rings is 1. The molecule has 0 spiro atoms. The molecule has 1 aromatic carbocycles. The number of ether oxygens (including phenoxy) is 2. The van der Waals surface area contributed by atoms with Crippen molar-refractivity contribution in [2.45, 2.75) is 6.92 Å². The zero-order chi connectivity index (χ0) is 15.2. The van der Waals surface area contributed by atoms with Crippen LogP contribution in [0.25, 0.3) is 0 Å². The number of rotatable bonds is 6. The highest BCUT2D eigenvalue weighted by Crippen LogP contribution is 2.37. The fourth-order valence-corrected chi connectivity index (χ4v) is 3.51. The molecule has 5 nitrogen and oxygen atoms in total. The van der Waals surface area contributed by atoms with Gasteiger partial charge in [-0.05, 0) is 19.1 Å². The Bertz CT molecular complexity index is 607. The molecule has 112 valence electrons. The van der Waals surface area contributed by atoms with Crippen molar-refractivity contribution in [2.24, 2.45) is 10.9 Å². The first-order valence-electron chi connectivity index (χ1n) is 6.39. The van der Waals surface area contributed by atoms with Gasteiger partial charge in [0.1, 0.15) is 12.4 Å². The van der Waals surface area contributed by atoms with E-state index < -0.39 is 22.4 Å². The van der Waals surface area contributed by atoms with Gasteiger partial charge in [-0.3, -0.25) is 9.79 Å². The molecule has 21 heavy (non-hydrogen) atoms. The Morgan fingerprint density at radius 1 is 1.43 bits per heavy atom. The van der Waals surface area contributed by atoms with Crippen molar-refractivity contribution >= 4 is 27.6 Å². The van der Waals surface area contributed by atoms with Crippen molar-refractivity contribution in [3.63, 3.8) is 0 Å². The van der Waals surface area contributed by atoms with Crippen LogP contribution in [0, 0.1) is 5.92 Å². The van der Waals surface area contributed by atoms with Gasteiger partial charge in [-0.15, -0.1) is 0 Å². The molecular weight excluding hydrogens is 290 g/mol. The number of aliphatic carboxylic acids is 1. The summed E-state index contributed by atoms with van der Waals surface area (Å²) in [6, 6.07) is 9.36. The molecule has 2 rings (SSSR count). The predicted octanol–water partition coefficient (Wildman–Crippen LogP) is 2.71. The van der Waals surface area contributed by atoms with Crippen LogP contribution in [-0.4, -0.2) is 35.9 Å². The summed E-state index contributed by atoms with van der Waals surface area (Å²) in [4.78, 5) is 16.3. The first kappa shape index (κ1) is 15.5. The third kappa shape index (κ3) is 3.80. The summed E-state index contributed by atoms with van der Waals surface area (Å²) >= 11 is 0. The van der Waals surface area contributed by atoms with Crippen LogP contribution in [0.5, 0.6) is 5.75 Å². The molecule has 0 saturated carbocycles. The number of hydrogen-bond donors (Lipinski definition) is 1. The lowest BCUT2D eigenvalue weighted by atomic mass is 10.1. The topological polar surface area (TPSA) is 68.1 Å². The fourth-order valence-electron chi connectivity index (χ4n) is 1.90. The zero-order valence-corrected chi connectivity index (χ0v) is 12.7. The first-order valence-corrected chi connectivity index (χ1v) is 7.74.